The van der Waals surface area contributed by atoms with Crippen molar-refractivity contribution in [2.75, 3.05) is 12.3 Å². The van der Waals surface area contributed by atoms with Crippen LogP contribution in [0.4, 0.5) is 0 Å². The number of nitrogens with one attached hydrogen (secondary N) is 1. The molecule has 0 amide bonds. The molecule has 2 aromatic rings. The second-order valence-corrected chi connectivity index (χ2v) is 6.02. The van der Waals surface area contributed by atoms with Crippen molar-refractivity contribution < 1.29 is 0 Å². The minimum Gasteiger partial charge on any atom is -0.308 e. The van der Waals surface area contributed by atoms with Crippen molar-refractivity contribution in [3.8, 4) is 0 Å². The summed E-state index contributed by atoms with van der Waals surface area (Å²) in [5.41, 5.74) is 0.992. The fourth-order valence-corrected chi connectivity index (χ4v) is 3.31. The summed E-state index contributed by atoms with van der Waals surface area (Å²) in [6.07, 6.45) is 5.27. The molecule has 1 heterocycles. The summed E-state index contributed by atoms with van der Waals surface area (Å²) in [5.74, 6) is 0.934. The molecular weight excluding hydrogens is 322 g/mol. The van der Waals surface area contributed by atoms with Gasteiger partial charge < -0.3 is 5.32 Å². The summed E-state index contributed by atoms with van der Waals surface area (Å²) in [7, 11) is 0. The second-order valence-electron chi connectivity index (χ2n) is 4.01. The van der Waals surface area contributed by atoms with Gasteiger partial charge >= 0.3 is 0 Å². The summed E-state index contributed by atoms with van der Waals surface area (Å²) in [5, 5.41) is 3.45. The lowest BCUT2D eigenvalue weighted by Crippen LogP contribution is -2.24. The van der Waals surface area contributed by atoms with Gasteiger partial charge in [-0.1, -0.05) is 28.9 Å². The third-order valence-corrected chi connectivity index (χ3v) is 4.18. The summed E-state index contributed by atoms with van der Waals surface area (Å²) < 4.78 is 1.11. The standard InChI is InChI=1S/C14H16BrN3S/c1-2-17-14(13-9-16-6-7-18-13)10-19-12-5-3-4-11(15)8-12/h3-9,14,17H,2,10H2,1H3. The molecular formula is C14H16BrN3S. The average molecular weight is 338 g/mol. The van der Waals surface area contributed by atoms with Gasteiger partial charge in [0.25, 0.3) is 0 Å². The fourth-order valence-electron chi connectivity index (χ4n) is 1.72. The van der Waals surface area contributed by atoms with Crippen LogP contribution in [0, 0.1) is 0 Å². The van der Waals surface area contributed by atoms with Gasteiger partial charge in [0.15, 0.2) is 0 Å². The number of halogens is 1. The van der Waals surface area contributed by atoms with Gasteiger partial charge in [0.05, 0.1) is 11.7 Å². The van der Waals surface area contributed by atoms with E-state index in [0.717, 1.165) is 22.5 Å². The highest BCUT2D eigenvalue weighted by atomic mass is 79.9. The summed E-state index contributed by atoms with van der Waals surface area (Å²) in [4.78, 5) is 9.77. The van der Waals surface area contributed by atoms with Gasteiger partial charge in [-0.05, 0) is 24.7 Å². The second kappa shape index (κ2) is 7.62. The molecule has 2 rings (SSSR count). The first-order chi connectivity index (χ1) is 9.29. The average Bonchev–Trinajstić information content (AvgIpc) is 2.44. The Morgan fingerprint density at radius 2 is 2.26 bits per heavy atom. The van der Waals surface area contributed by atoms with E-state index in [4.69, 9.17) is 0 Å². The normalized spacial score (nSPS) is 12.3. The van der Waals surface area contributed by atoms with Crippen molar-refractivity contribution in [2.45, 2.75) is 17.9 Å². The number of benzene rings is 1. The van der Waals surface area contributed by atoms with Crippen LogP contribution in [0.2, 0.25) is 0 Å². The van der Waals surface area contributed by atoms with Crippen LogP contribution in [0.5, 0.6) is 0 Å². The maximum atomic E-state index is 4.38. The van der Waals surface area contributed by atoms with E-state index in [-0.39, 0.29) is 6.04 Å². The number of rotatable bonds is 6. The molecule has 0 radical (unpaired) electrons. The molecule has 1 aromatic carbocycles. The zero-order valence-corrected chi connectivity index (χ0v) is 13.1. The van der Waals surface area contributed by atoms with E-state index in [1.807, 2.05) is 24.0 Å². The van der Waals surface area contributed by atoms with E-state index >= 15 is 0 Å². The lowest BCUT2D eigenvalue weighted by Gasteiger charge is -2.16. The first kappa shape index (κ1) is 14.5. The Morgan fingerprint density at radius 3 is 2.95 bits per heavy atom. The Hall–Kier alpha value is -0.910. The van der Waals surface area contributed by atoms with Gasteiger partial charge in [-0.15, -0.1) is 11.8 Å². The van der Waals surface area contributed by atoms with Crippen LogP contribution < -0.4 is 5.32 Å². The largest absolute Gasteiger partial charge is 0.308 e. The van der Waals surface area contributed by atoms with Crippen LogP contribution in [-0.2, 0) is 0 Å². The molecule has 0 spiro atoms. The van der Waals surface area contributed by atoms with Crippen LogP contribution >= 0.6 is 27.7 Å². The lowest BCUT2D eigenvalue weighted by atomic mass is 10.2. The monoisotopic (exact) mass is 337 g/mol. The highest BCUT2D eigenvalue weighted by molar-refractivity contribution is 9.10. The summed E-state index contributed by atoms with van der Waals surface area (Å²) in [6.45, 7) is 3.02. The van der Waals surface area contributed by atoms with Crippen molar-refractivity contribution in [3.63, 3.8) is 0 Å². The zero-order chi connectivity index (χ0) is 13.5. The molecule has 3 nitrogen and oxygen atoms in total. The van der Waals surface area contributed by atoms with Gasteiger partial charge in [0.1, 0.15) is 0 Å². The Bertz CT molecular complexity index is 507. The van der Waals surface area contributed by atoms with E-state index < -0.39 is 0 Å². The molecule has 0 bridgehead atoms. The minimum atomic E-state index is 0.225. The van der Waals surface area contributed by atoms with Crippen LogP contribution in [0.1, 0.15) is 18.7 Å². The SMILES string of the molecule is CCNC(CSc1cccc(Br)c1)c1cnccn1. The molecule has 0 aliphatic heterocycles. The maximum absolute atomic E-state index is 4.38. The molecule has 1 aromatic heterocycles. The predicted molar refractivity (Wildman–Crippen MR) is 83.3 cm³/mol. The smallest absolute Gasteiger partial charge is 0.0764 e. The maximum Gasteiger partial charge on any atom is 0.0764 e. The Balaban J connectivity index is 2.01. The zero-order valence-electron chi connectivity index (χ0n) is 10.7. The first-order valence-electron chi connectivity index (χ1n) is 6.17. The first-order valence-corrected chi connectivity index (χ1v) is 7.95. The summed E-state index contributed by atoms with van der Waals surface area (Å²) in [6, 6.07) is 8.56. The quantitative estimate of drug-likeness (QED) is 0.816. The highest BCUT2D eigenvalue weighted by Crippen LogP contribution is 2.25. The fraction of sp³-hybridized carbons (Fsp3) is 0.286. The van der Waals surface area contributed by atoms with Gasteiger partial charge in [0.2, 0.25) is 0 Å². The van der Waals surface area contributed by atoms with E-state index in [1.54, 1.807) is 12.4 Å². The number of hydrogen-bond acceptors (Lipinski definition) is 4. The van der Waals surface area contributed by atoms with Gasteiger partial charge in [0, 0.05) is 33.7 Å². The van der Waals surface area contributed by atoms with E-state index in [1.165, 1.54) is 4.90 Å². The number of nitrogens with zero attached hydrogens (tertiary/aromatic N) is 2. The van der Waals surface area contributed by atoms with Crippen LogP contribution in [0.3, 0.4) is 0 Å². The van der Waals surface area contributed by atoms with Crippen molar-refractivity contribution in [3.05, 3.63) is 53.0 Å². The molecule has 5 heteroatoms. The van der Waals surface area contributed by atoms with Crippen molar-refractivity contribution in [2.24, 2.45) is 0 Å². The van der Waals surface area contributed by atoms with Crippen LogP contribution in [-0.4, -0.2) is 22.3 Å². The van der Waals surface area contributed by atoms with E-state index in [0.29, 0.717) is 0 Å². The van der Waals surface area contributed by atoms with Gasteiger partial charge in [-0.2, -0.15) is 0 Å². The van der Waals surface area contributed by atoms with Crippen LogP contribution in [0.25, 0.3) is 0 Å². The molecule has 1 atom stereocenters. The molecule has 0 saturated carbocycles. The Kier molecular flexibility index (Phi) is 5.82. The third kappa shape index (κ3) is 4.60. The van der Waals surface area contributed by atoms with Gasteiger partial charge in [-0.3, -0.25) is 9.97 Å². The van der Waals surface area contributed by atoms with E-state index in [9.17, 15) is 0 Å². The third-order valence-electron chi connectivity index (χ3n) is 2.60. The molecule has 19 heavy (non-hydrogen) atoms. The van der Waals surface area contributed by atoms with Crippen molar-refractivity contribution >= 4 is 27.7 Å². The van der Waals surface area contributed by atoms with Gasteiger partial charge in [-0.25, -0.2) is 0 Å². The molecule has 0 aliphatic rings. The Labute approximate surface area is 126 Å². The molecule has 100 valence electrons. The van der Waals surface area contributed by atoms with Crippen molar-refractivity contribution in [1.29, 1.82) is 0 Å². The summed E-state index contributed by atoms with van der Waals surface area (Å²) >= 11 is 5.31. The minimum absolute atomic E-state index is 0.225. The topological polar surface area (TPSA) is 37.8 Å². The molecule has 0 fully saturated rings. The molecule has 0 aliphatic carbocycles. The van der Waals surface area contributed by atoms with Crippen LogP contribution in [0.15, 0.2) is 52.2 Å². The number of thioether (sulfide) groups is 1. The molecule has 0 saturated heterocycles. The number of aromatic nitrogens is 2. The molecule has 1 N–H and O–H groups in total. The molecule has 1 unspecified atom stereocenters. The highest BCUT2D eigenvalue weighted by Gasteiger charge is 2.12. The number of hydrogen-bond donors (Lipinski definition) is 1. The Morgan fingerprint density at radius 1 is 1.37 bits per heavy atom. The van der Waals surface area contributed by atoms with Crippen molar-refractivity contribution in [1.82, 2.24) is 15.3 Å². The lowest BCUT2D eigenvalue weighted by molar-refractivity contribution is 0.588. The van der Waals surface area contributed by atoms with E-state index in [2.05, 4.69) is 56.3 Å². The predicted octanol–water partition coefficient (Wildman–Crippen LogP) is 3.68.